The summed E-state index contributed by atoms with van der Waals surface area (Å²) in [7, 11) is 0. The normalized spacial score (nSPS) is 12.6. The van der Waals surface area contributed by atoms with Crippen molar-refractivity contribution >= 4 is 5.91 Å². The molecule has 0 bridgehead atoms. The zero-order chi connectivity index (χ0) is 8.69. The molecule has 0 radical (unpaired) electrons. The van der Waals surface area contributed by atoms with E-state index in [9.17, 15) is 4.79 Å². The Labute approximate surface area is 67.8 Å². The first-order valence-corrected chi connectivity index (χ1v) is 4.02. The van der Waals surface area contributed by atoms with E-state index in [4.69, 9.17) is 5.11 Å². The van der Waals surface area contributed by atoms with Gasteiger partial charge in [0.1, 0.15) is 0 Å². The summed E-state index contributed by atoms with van der Waals surface area (Å²) >= 11 is 0. The van der Waals surface area contributed by atoms with Gasteiger partial charge in [0, 0.05) is 20.1 Å². The monoisotopic (exact) mass is 159 g/mol. The number of aliphatic hydroxyl groups excluding tert-OH is 1. The van der Waals surface area contributed by atoms with Gasteiger partial charge in [0.05, 0.1) is 0 Å². The summed E-state index contributed by atoms with van der Waals surface area (Å²) in [5.74, 6) is 0.366. The maximum absolute atomic E-state index is 10.4. The van der Waals surface area contributed by atoms with Gasteiger partial charge in [0.25, 0.3) is 0 Å². The average molecular weight is 159 g/mol. The van der Waals surface area contributed by atoms with Crippen LogP contribution in [0, 0.1) is 5.92 Å². The summed E-state index contributed by atoms with van der Waals surface area (Å²) in [5.41, 5.74) is 0. The van der Waals surface area contributed by atoms with Crippen LogP contribution in [0.25, 0.3) is 0 Å². The number of hydrogen-bond acceptors (Lipinski definition) is 2. The van der Waals surface area contributed by atoms with Crippen molar-refractivity contribution in [2.75, 3.05) is 13.2 Å². The predicted molar refractivity (Wildman–Crippen MR) is 44.2 cm³/mol. The van der Waals surface area contributed by atoms with Crippen LogP contribution < -0.4 is 5.32 Å². The Morgan fingerprint density at radius 2 is 2.27 bits per heavy atom. The van der Waals surface area contributed by atoms with Crippen molar-refractivity contribution in [3.8, 4) is 0 Å². The van der Waals surface area contributed by atoms with Gasteiger partial charge >= 0.3 is 0 Å². The Morgan fingerprint density at radius 1 is 1.64 bits per heavy atom. The Morgan fingerprint density at radius 3 is 2.73 bits per heavy atom. The lowest BCUT2D eigenvalue weighted by Crippen LogP contribution is -2.21. The molecule has 3 nitrogen and oxygen atoms in total. The molecule has 3 heteroatoms. The molecule has 0 aliphatic carbocycles. The van der Waals surface area contributed by atoms with Crippen LogP contribution in [0.1, 0.15) is 26.7 Å². The fraction of sp³-hybridized carbons (Fsp3) is 0.875. The molecule has 0 aromatic heterocycles. The van der Waals surface area contributed by atoms with E-state index in [1.807, 2.05) is 6.92 Å². The summed E-state index contributed by atoms with van der Waals surface area (Å²) in [6.45, 7) is 4.46. The van der Waals surface area contributed by atoms with Gasteiger partial charge in [0.15, 0.2) is 0 Å². The van der Waals surface area contributed by atoms with Crippen LogP contribution in [-0.4, -0.2) is 24.2 Å². The van der Waals surface area contributed by atoms with Crippen molar-refractivity contribution < 1.29 is 9.90 Å². The second-order valence-electron chi connectivity index (χ2n) is 2.91. The lowest BCUT2D eigenvalue weighted by Gasteiger charge is -2.06. The average Bonchev–Trinajstić information content (AvgIpc) is 1.97. The first-order valence-electron chi connectivity index (χ1n) is 4.02. The third-order valence-electron chi connectivity index (χ3n) is 1.56. The van der Waals surface area contributed by atoms with Crippen LogP contribution in [0.3, 0.4) is 0 Å². The zero-order valence-corrected chi connectivity index (χ0v) is 7.26. The van der Waals surface area contributed by atoms with Crippen LogP contribution in [0.5, 0.6) is 0 Å². The molecule has 0 aliphatic rings. The fourth-order valence-corrected chi connectivity index (χ4v) is 0.806. The lowest BCUT2D eigenvalue weighted by atomic mass is 10.1. The first-order chi connectivity index (χ1) is 5.16. The van der Waals surface area contributed by atoms with Crippen LogP contribution in [-0.2, 0) is 4.79 Å². The highest BCUT2D eigenvalue weighted by Crippen LogP contribution is 2.02. The van der Waals surface area contributed by atoms with Crippen LogP contribution in [0.4, 0.5) is 0 Å². The Kier molecular flexibility index (Phi) is 5.84. The van der Waals surface area contributed by atoms with Crippen molar-refractivity contribution in [2.45, 2.75) is 26.7 Å². The largest absolute Gasteiger partial charge is 0.396 e. The van der Waals surface area contributed by atoms with E-state index in [-0.39, 0.29) is 12.5 Å². The number of rotatable bonds is 5. The van der Waals surface area contributed by atoms with Gasteiger partial charge in [-0.05, 0) is 18.8 Å². The van der Waals surface area contributed by atoms with Gasteiger partial charge in [-0.15, -0.1) is 0 Å². The molecule has 2 N–H and O–H groups in total. The Hall–Kier alpha value is -0.570. The fourth-order valence-electron chi connectivity index (χ4n) is 0.806. The minimum absolute atomic E-state index is 0.0154. The van der Waals surface area contributed by atoms with Gasteiger partial charge in [-0.25, -0.2) is 0 Å². The third-order valence-corrected chi connectivity index (χ3v) is 1.56. The van der Waals surface area contributed by atoms with Crippen molar-refractivity contribution in [2.24, 2.45) is 5.92 Å². The molecule has 0 aromatic carbocycles. The van der Waals surface area contributed by atoms with Gasteiger partial charge in [-0.2, -0.15) is 0 Å². The molecule has 0 aromatic rings. The molecule has 1 atom stereocenters. The highest BCUT2D eigenvalue weighted by Gasteiger charge is 1.98. The number of carbonyl (C=O) groups excluding carboxylic acids is 1. The first kappa shape index (κ1) is 10.4. The molecule has 0 spiro atoms. The number of carbonyl (C=O) groups is 1. The van der Waals surface area contributed by atoms with Crippen molar-refractivity contribution in [1.29, 1.82) is 0 Å². The second kappa shape index (κ2) is 6.16. The van der Waals surface area contributed by atoms with E-state index in [1.54, 1.807) is 0 Å². The Bertz CT molecular complexity index is 115. The maximum Gasteiger partial charge on any atom is 0.216 e. The smallest absolute Gasteiger partial charge is 0.216 e. The molecule has 1 unspecified atom stereocenters. The molecule has 11 heavy (non-hydrogen) atoms. The minimum atomic E-state index is 0.0154. The van der Waals surface area contributed by atoms with Crippen molar-refractivity contribution in [3.05, 3.63) is 0 Å². The number of hydrogen-bond donors (Lipinski definition) is 2. The van der Waals surface area contributed by atoms with Crippen LogP contribution in [0.15, 0.2) is 0 Å². The molecule has 0 rings (SSSR count). The minimum Gasteiger partial charge on any atom is -0.396 e. The number of nitrogens with one attached hydrogen (secondary N) is 1. The van der Waals surface area contributed by atoms with Gasteiger partial charge in [0.2, 0.25) is 5.91 Å². The quantitative estimate of drug-likeness (QED) is 0.575. The molecular weight excluding hydrogens is 142 g/mol. The number of aliphatic hydroxyl groups is 1. The topological polar surface area (TPSA) is 49.3 Å². The van der Waals surface area contributed by atoms with E-state index >= 15 is 0 Å². The summed E-state index contributed by atoms with van der Waals surface area (Å²) in [5, 5.41) is 11.4. The molecule has 0 fully saturated rings. The molecule has 0 saturated heterocycles. The Balaban J connectivity index is 3.08. The molecular formula is C8H17NO2. The highest BCUT2D eigenvalue weighted by molar-refractivity contribution is 5.72. The van der Waals surface area contributed by atoms with E-state index in [0.29, 0.717) is 5.92 Å². The predicted octanol–water partition coefficient (Wildman–Crippen LogP) is 0.531. The standard InChI is InChI=1S/C8H17NO2/c1-7(6-10)4-3-5-9-8(2)11/h7,10H,3-6H2,1-2H3,(H,9,11). The van der Waals surface area contributed by atoms with Crippen LogP contribution in [0.2, 0.25) is 0 Å². The maximum atomic E-state index is 10.4. The third kappa shape index (κ3) is 7.33. The van der Waals surface area contributed by atoms with E-state index < -0.39 is 0 Å². The summed E-state index contributed by atoms with van der Waals surface area (Å²) < 4.78 is 0. The highest BCUT2D eigenvalue weighted by atomic mass is 16.3. The van der Waals surface area contributed by atoms with Gasteiger partial charge in [-0.1, -0.05) is 6.92 Å². The lowest BCUT2D eigenvalue weighted by molar-refractivity contribution is -0.118. The summed E-state index contributed by atoms with van der Waals surface area (Å²) in [4.78, 5) is 10.4. The van der Waals surface area contributed by atoms with E-state index in [2.05, 4.69) is 5.32 Å². The van der Waals surface area contributed by atoms with Crippen molar-refractivity contribution in [3.63, 3.8) is 0 Å². The second-order valence-corrected chi connectivity index (χ2v) is 2.91. The van der Waals surface area contributed by atoms with Crippen molar-refractivity contribution in [1.82, 2.24) is 5.32 Å². The molecule has 0 heterocycles. The molecule has 0 saturated carbocycles. The summed E-state index contributed by atoms with van der Waals surface area (Å²) in [6, 6.07) is 0. The molecule has 0 aliphatic heterocycles. The van der Waals surface area contributed by atoms with Gasteiger partial charge in [-0.3, -0.25) is 4.79 Å². The molecule has 1 amide bonds. The van der Waals surface area contributed by atoms with Crippen LogP contribution >= 0.6 is 0 Å². The van der Waals surface area contributed by atoms with Gasteiger partial charge < -0.3 is 10.4 Å². The zero-order valence-electron chi connectivity index (χ0n) is 7.26. The summed E-state index contributed by atoms with van der Waals surface area (Å²) in [6.07, 6.45) is 1.91. The SMILES string of the molecule is CC(=O)NCCCC(C)CO. The van der Waals surface area contributed by atoms with E-state index in [1.165, 1.54) is 6.92 Å². The number of amides is 1. The van der Waals surface area contributed by atoms with E-state index in [0.717, 1.165) is 19.4 Å². The molecule has 66 valence electrons.